The van der Waals surface area contributed by atoms with E-state index < -0.39 is 45.1 Å². The number of amides is 1. The van der Waals surface area contributed by atoms with Crippen LogP contribution in [0.2, 0.25) is 12.6 Å². The van der Waals surface area contributed by atoms with Crippen LogP contribution in [0.4, 0.5) is 0 Å². The van der Waals surface area contributed by atoms with Crippen molar-refractivity contribution < 1.29 is 39.2 Å². The van der Waals surface area contributed by atoms with Gasteiger partial charge in [0.25, 0.3) is 5.91 Å². The zero-order valence-corrected chi connectivity index (χ0v) is 15.7. The van der Waals surface area contributed by atoms with Gasteiger partial charge in [0.2, 0.25) is 0 Å². The summed E-state index contributed by atoms with van der Waals surface area (Å²) in [5.41, 5.74) is 0. The van der Waals surface area contributed by atoms with E-state index >= 15 is 0 Å². The van der Waals surface area contributed by atoms with Crippen LogP contribution >= 0.6 is 0 Å². The van der Waals surface area contributed by atoms with Crippen molar-refractivity contribution in [2.45, 2.75) is 70.4 Å². The standard InChI is InChI=1S/C8H20O2Si.C6H11NO6/c1-5-8-11(4,9-6-2)10-7-3;8-1-2(9)4(11)6(13)7-5(12)3(1)10/h5-8H2,1-4H3;1-5,8-12H,(H,7,13)/t;1-,2-,3-,4+,5?/m.0/s1. The van der Waals surface area contributed by atoms with Crippen LogP contribution in [0.1, 0.15) is 27.2 Å². The average Bonchev–Trinajstić information content (AvgIpc) is 2.57. The van der Waals surface area contributed by atoms with Gasteiger partial charge in [0, 0.05) is 13.2 Å². The lowest BCUT2D eigenvalue weighted by Gasteiger charge is -2.25. The lowest BCUT2D eigenvalue weighted by Crippen LogP contribution is -2.47. The van der Waals surface area contributed by atoms with Gasteiger partial charge >= 0.3 is 8.56 Å². The van der Waals surface area contributed by atoms with Crippen molar-refractivity contribution in [2.24, 2.45) is 0 Å². The van der Waals surface area contributed by atoms with Crippen LogP contribution in [-0.2, 0) is 13.6 Å². The number of hydrogen-bond donors (Lipinski definition) is 6. The Kier molecular flexibility index (Phi) is 10.8. The maximum atomic E-state index is 10.8. The topological polar surface area (TPSA) is 149 Å². The molecule has 1 unspecified atom stereocenters. The molecule has 0 aromatic carbocycles. The van der Waals surface area contributed by atoms with Gasteiger partial charge in [-0.25, -0.2) is 0 Å². The third-order valence-corrected chi connectivity index (χ3v) is 6.72. The van der Waals surface area contributed by atoms with Crippen LogP contribution in [0, 0.1) is 0 Å². The Labute approximate surface area is 143 Å². The molecular weight excluding hydrogens is 338 g/mol. The van der Waals surface area contributed by atoms with Crippen molar-refractivity contribution in [3.8, 4) is 0 Å². The van der Waals surface area contributed by atoms with Gasteiger partial charge in [-0.05, 0) is 26.4 Å². The minimum absolute atomic E-state index is 0.780. The first-order valence-electron chi connectivity index (χ1n) is 8.12. The molecule has 1 heterocycles. The van der Waals surface area contributed by atoms with E-state index in [1.807, 2.05) is 13.8 Å². The second-order valence-corrected chi connectivity index (χ2v) is 8.96. The third kappa shape index (κ3) is 7.11. The SMILES string of the molecule is CCC[Si](C)(OCC)OCC.O=C1NC(O)[C@@H](O)[C@@H](O)[C@H](O)[C@H]1O. The van der Waals surface area contributed by atoms with Gasteiger partial charge in [0.05, 0.1) is 0 Å². The number of aliphatic hydroxyl groups is 5. The summed E-state index contributed by atoms with van der Waals surface area (Å²) in [7, 11) is -1.75. The molecule has 24 heavy (non-hydrogen) atoms. The molecule has 144 valence electrons. The maximum Gasteiger partial charge on any atom is 0.334 e. The normalized spacial score (nSPS) is 30.9. The van der Waals surface area contributed by atoms with E-state index in [0.29, 0.717) is 0 Å². The zero-order valence-electron chi connectivity index (χ0n) is 14.7. The molecule has 1 saturated heterocycles. The van der Waals surface area contributed by atoms with E-state index in [4.69, 9.17) is 34.4 Å². The number of carbonyl (C=O) groups is 1. The highest BCUT2D eigenvalue weighted by atomic mass is 28.4. The summed E-state index contributed by atoms with van der Waals surface area (Å²) in [4.78, 5) is 10.8. The summed E-state index contributed by atoms with van der Waals surface area (Å²) in [5, 5.41) is 46.9. The van der Waals surface area contributed by atoms with Gasteiger partial charge in [-0.1, -0.05) is 13.3 Å². The van der Waals surface area contributed by atoms with Crippen molar-refractivity contribution in [1.29, 1.82) is 0 Å². The number of nitrogens with one attached hydrogen (secondary N) is 1. The Balaban J connectivity index is 0.000000449. The fraction of sp³-hybridized carbons (Fsp3) is 0.929. The maximum absolute atomic E-state index is 10.8. The molecule has 1 fully saturated rings. The lowest BCUT2D eigenvalue weighted by atomic mass is 10.0. The van der Waals surface area contributed by atoms with Crippen molar-refractivity contribution in [3.63, 3.8) is 0 Å². The van der Waals surface area contributed by atoms with Gasteiger partial charge < -0.3 is 39.7 Å². The predicted octanol–water partition coefficient (Wildman–Crippen LogP) is -1.58. The number of carbonyl (C=O) groups excluding carboxylic acids is 1. The molecule has 0 aromatic rings. The summed E-state index contributed by atoms with van der Waals surface area (Å²) in [5.74, 6) is -1.05. The second-order valence-electron chi connectivity index (χ2n) is 5.62. The van der Waals surface area contributed by atoms with Crippen molar-refractivity contribution >= 4 is 14.5 Å². The van der Waals surface area contributed by atoms with E-state index in [2.05, 4.69) is 13.5 Å². The van der Waals surface area contributed by atoms with Gasteiger partial charge in [-0.2, -0.15) is 0 Å². The minimum Gasteiger partial charge on any atom is -0.395 e. The first kappa shape index (κ1) is 23.4. The van der Waals surface area contributed by atoms with E-state index in [1.165, 1.54) is 0 Å². The smallest absolute Gasteiger partial charge is 0.334 e. The average molecular weight is 369 g/mol. The fourth-order valence-corrected chi connectivity index (χ4v) is 4.80. The molecular formula is C14H31NO8Si. The van der Waals surface area contributed by atoms with Crippen LogP contribution in [0.25, 0.3) is 0 Å². The van der Waals surface area contributed by atoms with Crippen molar-refractivity contribution in [1.82, 2.24) is 5.32 Å². The number of hydrogen-bond acceptors (Lipinski definition) is 8. The Morgan fingerprint density at radius 3 is 1.88 bits per heavy atom. The molecule has 5 atom stereocenters. The third-order valence-electron chi connectivity index (χ3n) is 3.51. The molecule has 0 aromatic heterocycles. The molecule has 0 spiro atoms. The first-order chi connectivity index (χ1) is 11.1. The fourth-order valence-electron chi connectivity index (χ4n) is 2.30. The zero-order chi connectivity index (χ0) is 18.9. The molecule has 1 amide bonds. The van der Waals surface area contributed by atoms with E-state index in [0.717, 1.165) is 25.7 Å². The molecule has 1 aliphatic rings. The Hall–Kier alpha value is -0.593. The Morgan fingerprint density at radius 2 is 1.46 bits per heavy atom. The second kappa shape index (κ2) is 11.1. The van der Waals surface area contributed by atoms with Crippen LogP contribution < -0.4 is 5.32 Å². The molecule has 1 aliphatic heterocycles. The van der Waals surface area contributed by atoms with E-state index in [9.17, 15) is 4.79 Å². The minimum atomic E-state index is -1.86. The largest absolute Gasteiger partial charge is 0.395 e. The molecule has 0 saturated carbocycles. The molecule has 0 aliphatic carbocycles. The predicted molar refractivity (Wildman–Crippen MR) is 88.1 cm³/mol. The highest BCUT2D eigenvalue weighted by molar-refractivity contribution is 6.66. The van der Waals surface area contributed by atoms with Crippen LogP contribution in [0.15, 0.2) is 0 Å². The molecule has 6 N–H and O–H groups in total. The summed E-state index contributed by atoms with van der Waals surface area (Å²) in [6.07, 6.45) is -7.72. The summed E-state index contributed by atoms with van der Waals surface area (Å²) >= 11 is 0. The van der Waals surface area contributed by atoms with Crippen molar-refractivity contribution in [3.05, 3.63) is 0 Å². The van der Waals surface area contributed by atoms with Crippen molar-refractivity contribution in [2.75, 3.05) is 13.2 Å². The molecule has 10 heteroatoms. The highest BCUT2D eigenvalue weighted by Gasteiger charge is 2.42. The first-order valence-corrected chi connectivity index (χ1v) is 10.6. The van der Waals surface area contributed by atoms with Crippen LogP contribution in [0.5, 0.6) is 0 Å². The van der Waals surface area contributed by atoms with E-state index in [1.54, 1.807) is 5.32 Å². The van der Waals surface area contributed by atoms with Crippen LogP contribution in [0.3, 0.4) is 0 Å². The Bertz CT molecular complexity index is 356. The summed E-state index contributed by atoms with van der Waals surface area (Å²) in [6, 6.07) is 1.11. The monoisotopic (exact) mass is 369 g/mol. The van der Waals surface area contributed by atoms with Crippen LogP contribution in [-0.4, -0.2) is 83.9 Å². The number of aliphatic hydroxyl groups excluding tert-OH is 5. The summed E-state index contributed by atoms with van der Waals surface area (Å²) in [6.45, 7) is 9.93. The van der Waals surface area contributed by atoms with Gasteiger partial charge in [-0.15, -0.1) is 0 Å². The quantitative estimate of drug-likeness (QED) is 0.307. The molecule has 0 bridgehead atoms. The highest BCUT2D eigenvalue weighted by Crippen LogP contribution is 2.15. The molecule has 0 radical (unpaired) electrons. The van der Waals surface area contributed by atoms with Gasteiger partial charge in [0.15, 0.2) is 12.3 Å². The van der Waals surface area contributed by atoms with Gasteiger partial charge in [-0.3, -0.25) is 4.79 Å². The summed E-state index contributed by atoms with van der Waals surface area (Å²) < 4.78 is 11.3. The van der Waals surface area contributed by atoms with E-state index in [-0.39, 0.29) is 0 Å². The molecule has 1 rings (SSSR count). The molecule has 9 nitrogen and oxygen atoms in total. The van der Waals surface area contributed by atoms with Gasteiger partial charge in [0.1, 0.15) is 18.3 Å². The Morgan fingerprint density at radius 1 is 0.958 bits per heavy atom. The number of rotatable bonds is 6. The lowest BCUT2D eigenvalue weighted by molar-refractivity contribution is -0.139.